The Morgan fingerprint density at radius 1 is 1.50 bits per heavy atom. The third-order valence-corrected chi connectivity index (χ3v) is 2.61. The summed E-state index contributed by atoms with van der Waals surface area (Å²) in [5.74, 6) is 2.29. The van der Waals surface area contributed by atoms with E-state index in [9.17, 15) is 0 Å². The van der Waals surface area contributed by atoms with Crippen molar-refractivity contribution in [3.8, 4) is 0 Å². The van der Waals surface area contributed by atoms with Crippen LogP contribution in [-0.4, -0.2) is 15.7 Å². The maximum absolute atomic E-state index is 4.19. The second-order valence-corrected chi connectivity index (χ2v) is 3.40. The van der Waals surface area contributed by atoms with Crippen molar-refractivity contribution in [1.82, 2.24) is 9.97 Å². The normalized spacial score (nSPS) is 16.4. The molecule has 0 unspecified atom stereocenters. The predicted octanol–water partition coefficient (Wildman–Crippen LogP) is 1.27. The molecule has 0 N–H and O–H groups in total. The molecule has 0 saturated carbocycles. The number of aryl methyl sites for hydroxylation is 1. The maximum atomic E-state index is 4.19. The van der Waals surface area contributed by atoms with Crippen LogP contribution in [0.5, 0.6) is 0 Å². The van der Waals surface area contributed by atoms with Gasteiger partial charge in [0.05, 0.1) is 5.69 Å². The molecule has 3 heteroatoms. The van der Waals surface area contributed by atoms with Gasteiger partial charge in [0.25, 0.3) is 0 Å². The van der Waals surface area contributed by atoms with E-state index >= 15 is 0 Å². The SMILES string of the molecule is c1ncc2c(n1)CSCC2. The fourth-order valence-electron chi connectivity index (χ4n) is 1.07. The molecule has 1 aromatic rings. The van der Waals surface area contributed by atoms with E-state index < -0.39 is 0 Å². The standard InChI is InChI=1S/C7H8N2S/c1-2-10-4-7-6(1)3-8-5-9-7/h3,5H,1-2,4H2. The molecule has 0 aromatic carbocycles. The molecule has 0 fully saturated rings. The van der Waals surface area contributed by atoms with Gasteiger partial charge in [0.15, 0.2) is 0 Å². The van der Waals surface area contributed by atoms with Crippen LogP contribution in [0, 0.1) is 0 Å². The van der Waals surface area contributed by atoms with Crippen molar-refractivity contribution in [2.24, 2.45) is 0 Å². The van der Waals surface area contributed by atoms with E-state index in [4.69, 9.17) is 0 Å². The first-order valence-electron chi connectivity index (χ1n) is 3.32. The van der Waals surface area contributed by atoms with Crippen LogP contribution < -0.4 is 0 Å². The van der Waals surface area contributed by atoms with Gasteiger partial charge in [0.1, 0.15) is 6.33 Å². The zero-order valence-electron chi connectivity index (χ0n) is 5.58. The summed E-state index contributed by atoms with van der Waals surface area (Å²) in [6.07, 6.45) is 4.70. The highest BCUT2D eigenvalue weighted by atomic mass is 32.2. The maximum Gasteiger partial charge on any atom is 0.115 e. The van der Waals surface area contributed by atoms with Crippen LogP contribution >= 0.6 is 11.8 Å². The van der Waals surface area contributed by atoms with Gasteiger partial charge in [0, 0.05) is 11.9 Å². The Balaban J connectivity index is 2.41. The summed E-state index contributed by atoms with van der Waals surface area (Å²) >= 11 is 1.95. The van der Waals surface area contributed by atoms with Crippen molar-refractivity contribution in [3.63, 3.8) is 0 Å². The van der Waals surface area contributed by atoms with E-state index in [-0.39, 0.29) is 0 Å². The van der Waals surface area contributed by atoms with E-state index in [1.807, 2.05) is 18.0 Å². The first-order valence-corrected chi connectivity index (χ1v) is 4.48. The van der Waals surface area contributed by atoms with E-state index in [1.54, 1.807) is 6.33 Å². The molecule has 0 aliphatic carbocycles. The molecule has 52 valence electrons. The number of fused-ring (bicyclic) bond motifs is 1. The molecule has 0 atom stereocenters. The average Bonchev–Trinajstić information content (AvgIpc) is 2.05. The lowest BCUT2D eigenvalue weighted by Gasteiger charge is -2.11. The highest BCUT2D eigenvalue weighted by Gasteiger charge is 2.08. The molecule has 2 nitrogen and oxygen atoms in total. The molecular formula is C7H8N2S. The van der Waals surface area contributed by atoms with Gasteiger partial charge in [0.2, 0.25) is 0 Å². The van der Waals surface area contributed by atoms with Crippen molar-refractivity contribution in [2.45, 2.75) is 12.2 Å². The van der Waals surface area contributed by atoms with Crippen molar-refractivity contribution in [3.05, 3.63) is 23.8 Å². The Labute approximate surface area is 64.1 Å². The lowest BCUT2D eigenvalue weighted by molar-refractivity contribution is 0.971. The Kier molecular flexibility index (Phi) is 1.59. The van der Waals surface area contributed by atoms with E-state index in [2.05, 4.69) is 9.97 Å². The third kappa shape index (κ3) is 1.01. The number of nitrogens with zero attached hydrogens (tertiary/aromatic N) is 2. The van der Waals surface area contributed by atoms with Crippen LogP contribution in [0.4, 0.5) is 0 Å². The summed E-state index contributed by atoms with van der Waals surface area (Å²) in [6, 6.07) is 0. The number of hydrogen-bond acceptors (Lipinski definition) is 3. The van der Waals surface area contributed by atoms with Gasteiger partial charge in [-0.15, -0.1) is 0 Å². The average molecular weight is 152 g/mol. The van der Waals surface area contributed by atoms with Crippen molar-refractivity contribution >= 4 is 11.8 Å². The molecule has 1 aromatic heterocycles. The Morgan fingerprint density at radius 3 is 3.40 bits per heavy atom. The highest BCUT2D eigenvalue weighted by Crippen LogP contribution is 2.20. The van der Waals surface area contributed by atoms with Gasteiger partial charge in [-0.25, -0.2) is 9.97 Å². The first-order chi connectivity index (χ1) is 4.97. The second-order valence-electron chi connectivity index (χ2n) is 2.30. The van der Waals surface area contributed by atoms with Gasteiger partial charge < -0.3 is 0 Å². The molecule has 1 aliphatic heterocycles. The minimum Gasteiger partial charge on any atom is -0.245 e. The van der Waals surface area contributed by atoms with Gasteiger partial charge >= 0.3 is 0 Å². The topological polar surface area (TPSA) is 25.8 Å². The van der Waals surface area contributed by atoms with Crippen LogP contribution in [0.15, 0.2) is 12.5 Å². The van der Waals surface area contributed by atoms with Gasteiger partial charge in [-0.2, -0.15) is 11.8 Å². The minimum absolute atomic E-state index is 1.07. The minimum atomic E-state index is 1.07. The molecule has 0 amide bonds. The summed E-state index contributed by atoms with van der Waals surface area (Å²) in [6.45, 7) is 0. The fraction of sp³-hybridized carbons (Fsp3) is 0.429. The zero-order valence-corrected chi connectivity index (χ0v) is 6.40. The monoisotopic (exact) mass is 152 g/mol. The number of rotatable bonds is 0. The van der Waals surface area contributed by atoms with Crippen molar-refractivity contribution in [2.75, 3.05) is 5.75 Å². The summed E-state index contributed by atoms with van der Waals surface area (Å²) < 4.78 is 0. The van der Waals surface area contributed by atoms with E-state index in [1.165, 1.54) is 17.0 Å². The van der Waals surface area contributed by atoms with Crippen molar-refractivity contribution < 1.29 is 0 Å². The summed E-state index contributed by atoms with van der Waals surface area (Å²) in [7, 11) is 0. The van der Waals surface area contributed by atoms with Crippen LogP contribution in [0.3, 0.4) is 0 Å². The highest BCUT2D eigenvalue weighted by molar-refractivity contribution is 7.98. The quantitative estimate of drug-likeness (QED) is 0.560. The van der Waals surface area contributed by atoms with Crippen LogP contribution in [0.2, 0.25) is 0 Å². The summed E-state index contributed by atoms with van der Waals surface area (Å²) in [5, 5.41) is 0. The third-order valence-electron chi connectivity index (χ3n) is 1.64. The fourth-order valence-corrected chi connectivity index (χ4v) is 2.04. The molecule has 2 rings (SSSR count). The Morgan fingerprint density at radius 2 is 2.50 bits per heavy atom. The number of thioether (sulfide) groups is 1. The molecule has 0 bridgehead atoms. The summed E-state index contributed by atoms with van der Waals surface area (Å²) in [5.41, 5.74) is 2.56. The second kappa shape index (κ2) is 2.58. The summed E-state index contributed by atoms with van der Waals surface area (Å²) in [4.78, 5) is 8.16. The van der Waals surface area contributed by atoms with Crippen LogP contribution in [0.25, 0.3) is 0 Å². The molecule has 10 heavy (non-hydrogen) atoms. The Hall–Kier alpha value is -0.570. The zero-order chi connectivity index (χ0) is 6.81. The van der Waals surface area contributed by atoms with Gasteiger partial charge in [-0.1, -0.05) is 0 Å². The van der Waals surface area contributed by atoms with Gasteiger partial charge in [-0.05, 0) is 17.7 Å². The molecule has 0 spiro atoms. The lowest BCUT2D eigenvalue weighted by atomic mass is 10.2. The number of hydrogen-bond donors (Lipinski definition) is 0. The van der Waals surface area contributed by atoms with Crippen LogP contribution in [0.1, 0.15) is 11.3 Å². The number of aromatic nitrogens is 2. The van der Waals surface area contributed by atoms with Crippen molar-refractivity contribution in [1.29, 1.82) is 0 Å². The first kappa shape index (κ1) is 6.16. The Bertz CT molecular complexity index is 212. The molecule has 0 saturated heterocycles. The van der Waals surface area contributed by atoms with Crippen LogP contribution in [-0.2, 0) is 12.2 Å². The molecule has 0 radical (unpaired) electrons. The van der Waals surface area contributed by atoms with E-state index in [0.717, 1.165) is 12.2 Å². The largest absolute Gasteiger partial charge is 0.245 e. The predicted molar refractivity (Wildman–Crippen MR) is 41.9 cm³/mol. The molecule has 1 aliphatic rings. The van der Waals surface area contributed by atoms with E-state index in [0.29, 0.717) is 0 Å². The molecular weight excluding hydrogens is 144 g/mol. The smallest absolute Gasteiger partial charge is 0.115 e. The lowest BCUT2D eigenvalue weighted by Crippen LogP contribution is -2.04. The van der Waals surface area contributed by atoms with Gasteiger partial charge in [-0.3, -0.25) is 0 Å². The molecule has 2 heterocycles.